The van der Waals surface area contributed by atoms with Gasteiger partial charge >= 0.3 is 6.18 Å². The largest absolute Gasteiger partial charge is 0.417 e. The third-order valence-corrected chi connectivity index (χ3v) is 2.19. The third kappa shape index (κ3) is 3.81. The Labute approximate surface area is 93.1 Å². The van der Waals surface area contributed by atoms with Gasteiger partial charge in [0.2, 0.25) is 0 Å². The SMILES string of the molecule is CCCN(C)Cc1ccc(C(F)(F)F)cn1. The minimum absolute atomic E-state index is 0.575. The fraction of sp³-hybridized carbons (Fsp3) is 0.545. The van der Waals surface area contributed by atoms with Crippen LogP contribution in [0, 0.1) is 0 Å². The van der Waals surface area contributed by atoms with Crippen LogP contribution in [0.15, 0.2) is 18.3 Å². The highest BCUT2D eigenvalue weighted by Gasteiger charge is 2.30. The van der Waals surface area contributed by atoms with Gasteiger partial charge in [0.25, 0.3) is 0 Å². The summed E-state index contributed by atoms with van der Waals surface area (Å²) in [4.78, 5) is 5.83. The van der Waals surface area contributed by atoms with E-state index in [2.05, 4.69) is 11.9 Å². The molecular formula is C11H15F3N2. The molecule has 0 unspecified atom stereocenters. The molecule has 1 heterocycles. The Morgan fingerprint density at radius 3 is 2.44 bits per heavy atom. The van der Waals surface area contributed by atoms with Crippen LogP contribution in [0.1, 0.15) is 24.6 Å². The standard InChI is InChI=1S/C11H15F3N2/c1-3-6-16(2)8-10-5-4-9(7-15-10)11(12,13)14/h4-5,7H,3,6,8H2,1-2H3. The highest BCUT2D eigenvalue weighted by molar-refractivity contribution is 5.16. The molecule has 0 aliphatic rings. The molecule has 0 N–H and O–H groups in total. The summed E-state index contributed by atoms with van der Waals surface area (Å²) in [6, 6.07) is 2.50. The van der Waals surface area contributed by atoms with Crippen LogP contribution in [-0.4, -0.2) is 23.5 Å². The molecule has 0 fully saturated rings. The number of aromatic nitrogens is 1. The first-order valence-corrected chi connectivity index (χ1v) is 5.14. The lowest BCUT2D eigenvalue weighted by Gasteiger charge is -2.15. The van der Waals surface area contributed by atoms with Gasteiger partial charge in [-0.05, 0) is 32.1 Å². The average Bonchev–Trinajstić information content (AvgIpc) is 2.17. The maximum atomic E-state index is 12.3. The van der Waals surface area contributed by atoms with Gasteiger partial charge in [-0.15, -0.1) is 0 Å². The zero-order valence-electron chi connectivity index (χ0n) is 9.38. The first-order valence-electron chi connectivity index (χ1n) is 5.14. The van der Waals surface area contributed by atoms with Crippen LogP contribution < -0.4 is 0 Å². The number of halogens is 3. The predicted molar refractivity (Wildman–Crippen MR) is 55.9 cm³/mol. The van der Waals surface area contributed by atoms with Crippen LogP contribution >= 0.6 is 0 Å². The highest BCUT2D eigenvalue weighted by Crippen LogP contribution is 2.28. The van der Waals surface area contributed by atoms with E-state index < -0.39 is 11.7 Å². The van der Waals surface area contributed by atoms with Crippen molar-refractivity contribution in [2.75, 3.05) is 13.6 Å². The fourth-order valence-corrected chi connectivity index (χ4v) is 1.42. The molecule has 0 bridgehead atoms. The Bertz CT molecular complexity index is 319. The molecule has 0 aromatic carbocycles. The van der Waals surface area contributed by atoms with E-state index in [-0.39, 0.29) is 0 Å². The Kier molecular flexibility index (Phi) is 4.29. The lowest BCUT2D eigenvalue weighted by molar-refractivity contribution is -0.137. The number of nitrogens with zero attached hydrogens (tertiary/aromatic N) is 2. The molecule has 5 heteroatoms. The second-order valence-corrected chi connectivity index (χ2v) is 3.77. The van der Waals surface area contributed by atoms with Crippen molar-refractivity contribution >= 4 is 0 Å². The summed E-state index contributed by atoms with van der Waals surface area (Å²) < 4.78 is 36.8. The van der Waals surface area contributed by atoms with E-state index in [0.29, 0.717) is 12.2 Å². The van der Waals surface area contributed by atoms with Crippen molar-refractivity contribution in [3.8, 4) is 0 Å². The van der Waals surface area contributed by atoms with Gasteiger partial charge in [0.05, 0.1) is 11.3 Å². The van der Waals surface area contributed by atoms with E-state index >= 15 is 0 Å². The number of rotatable bonds is 4. The summed E-state index contributed by atoms with van der Waals surface area (Å²) in [7, 11) is 1.92. The summed E-state index contributed by atoms with van der Waals surface area (Å²) in [5, 5.41) is 0. The molecular weight excluding hydrogens is 217 g/mol. The van der Waals surface area contributed by atoms with Crippen LogP contribution in [0.4, 0.5) is 13.2 Å². The minimum atomic E-state index is -4.30. The molecule has 90 valence electrons. The summed E-state index contributed by atoms with van der Waals surface area (Å²) in [6.07, 6.45) is -2.41. The van der Waals surface area contributed by atoms with Crippen molar-refractivity contribution in [2.24, 2.45) is 0 Å². The molecule has 0 radical (unpaired) electrons. The van der Waals surface area contributed by atoms with Gasteiger partial charge in [0.1, 0.15) is 0 Å². The molecule has 2 nitrogen and oxygen atoms in total. The van der Waals surface area contributed by atoms with Crippen molar-refractivity contribution in [3.63, 3.8) is 0 Å². The second-order valence-electron chi connectivity index (χ2n) is 3.77. The monoisotopic (exact) mass is 232 g/mol. The summed E-state index contributed by atoms with van der Waals surface area (Å²) in [5.41, 5.74) is -0.0432. The zero-order chi connectivity index (χ0) is 12.2. The lowest BCUT2D eigenvalue weighted by Crippen LogP contribution is -2.19. The van der Waals surface area contributed by atoms with Crippen molar-refractivity contribution in [1.29, 1.82) is 0 Å². The molecule has 0 saturated heterocycles. The fourth-order valence-electron chi connectivity index (χ4n) is 1.42. The smallest absolute Gasteiger partial charge is 0.301 e. The van der Waals surface area contributed by atoms with Crippen molar-refractivity contribution in [2.45, 2.75) is 26.1 Å². The summed E-state index contributed by atoms with van der Waals surface area (Å²) >= 11 is 0. The van der Waals surface area contributed by atoms with Crippen molar-refractivity contribution in [3.05, 3.63) is 29.6 Å². The lowest BCUT2D eigenvalue weighted by atomic mass is 10.2. The highest BCUT2D eigenvalue weighted by atomic mass is 19.4. The minimum Gasteiger partial charge on any atom is -0.301 e. The van der Waals surface area contributed by atoms with Gasteiger partial charge in [-0.2, -0.15) is 13.2 Å². The molecule has 0 atom stereocenters. The Morgan fingerprint density at radius 1 is 1.31 bits per heavy atom. The van der Waals surface area contributed by atoms with E-state index in [1.54, 1.807) is 0 Å². The predicted octanol–water partition coefficient (Wildman–Crippen LogP) is 2.94. The Morgan fingerprint density at radius 2 is 2.00 bits per heavy atom. The normalized spacial score (nSPS) is 12.1. The van der Waals surface area contributed by atoms with Gasteiger partial charge in [-0.1, -0.05) is 6.92 Å². The van der Waals surface area contributed by atoms with Crippen molar-refractivity contribution in [1.82, 2.24) is 9.88 Å². The van der Waals surface area contributed by atoms with Crippen LogP contribution in [0.3, 0.4) is 0 Å². The maximum absolute atomic E-state index is 12.3. The average molecular weight is 232 g/mol. The molecule has 1 aromatic heterocycles. The van der Waals surface area contributed by atoms with Crippen LogP contribution in [0.5, 0.6) is 0 Å². The van der Waals surface area contributed by atoms with Crippen LogP contribution in [0.2, 0.25) is 0 Å². The summed E-state index contributed by atoms with van der Waals surface area (Å²) in [6.45, 7) is 3.53. The van der Waals surface area contributed by atoms with Crippen LogP contribution in [-0.2, 0) is 12.7 Å². The Hall–Kier alpha value is -1.10. The molecule has 0 aliphatic carbocycles. The molecule has 16 heavy (non-hydrogen) atoms. The number of alkyl halides is 3. The van der Waals surface area contributed by atoms with E-state index in [0.717, 1.165) is 25.2 Å². The molecule has 0 saturated carbocycles. The number of hydrogen-bond donors (Lipinski definition) is 0. The molecule has 1 rings (SSSR count). The second kappa shape index (κ2) is 5.30. The topological polar surface area (TPSA) is 16.1 Å². The molecule has 0 amide bonds. The quantitative estimate of drug-likeness (QED) is 0.793. The molecule has 0 aliphatic heterocycles. The van der Waals surface area contributed by atoms with E-state index in [4.69, 9.17) is 0 Å². The van der Waals surface area contributed by atoms with E-state index in [9.17, 15) is 13.2 Å². The first-order chi connectivity index (χ1) is 7.43. The van der Waals surface area contributed by atoms with Gasteiger partial charge in [-0.25, -0.2) is 0 Å². The summed E-state index contributed by atoms with van der Waals surface area (Å²) in [5.74, 6) is 0. The third-order valence-electron chi connectivity index (χ3n) is 2.19. The maximum Gasteiger partial charge on any atom is 0.417 e. The van der Waals surface area contributed by atoms with Crippen LogP contribution in [0.25, 0.3) is 0 Å². The molecule has 1 aromatic rings. The van der Waals surface area contributed by atoms with Gasteiger partial charge in [-0.3, -0.25) is 4.98 Å². The first kappa shape index (κ1) is 13.0. The van der Waals surface area contributed by atoms with Gasteiger partial charge < -0.3 is 4.90 Å². The van der Waals surface area contributed by atoms with Gasteiger partial charge in [0, 0.05) is 12.7 Å². The Balaban J connectivity index is 2.65. The number of hydrogen-bond acceptors (Lipinski definition) is 2. The van der Waals surface area contributed by atoms with Gasteiger partial charge in [0.15, 0.2) is 0 Å². The van der Waals surface area contributed by atoms with E-state index in [1.165, 1.54) is 6.07 Å². The number of pyridine rings is 1. The van der Waals surface area contributed by atoms with E-state index in [1.807, 2.05) is 11.9 Å². The zero-order valence-corrected chi connectivity index (χ0v) is 9.38. The van der Waals surface area contributed by atoms with Crippen molar-refractivity contribution < 1.29 is 13.2 Å². The molecule has 0 spiro atoms.